The van der Waals surface area contributed by atoms with Gasteiger partial charge in [-0.2, -0.15) is 11.8 Å². The number of unbranched alkanes of at least 4 members (excludes halogenated alkanes) is 3. The molecular formula is C15H25NOS. The molecule has 0 aliphatic heterocycles. The Hall–Kier alpha value is -0.510. The molecular weight excluding hydrogens is 242 g/mol. The highest BCUT2D eigenvalue weighted by molar-refractivity contribution is 7.98. The number of aliphatic hydroxyl groups is 1. The van der Waals surface area contributed by atoms with Gasteiger partial charge in [0.25, 0.3) is 0 Å². The van der Waals surface area contributed by atoms with E-state index in [2.05, 4.69) is 11.6 Å². The molecule has 0 saturated carbocycles. The summed E-state index contributed by atoms with van der Waals surface area (Å²) in [5.41, 5.74) is 0.991. The van der Waals surface area contributed by atoms with Gasteiger partial charge in [0, 0.05) is 6.54 Å². The number of aliphatic hydroxyl groups excluding tert-OH is 1. The zero-order chi connectivity index (χ0) is 13.1. The van der Waals surface area contributed by atoms with Crippen LogP contribution in [0.25, 0.3) is 0 Å². The molecule has 0 aliphatic rings. The summed E-state index contributed by atoms with van der Waals surface area (Å²) in [5, 5.41) is 13.2. The highest BCUT2D eigenvalue weighted by atomic mass is 32.2. The Morgan fingerprint density at radius 2 is 1.83 bits per heavy atom. The fraction of sp³-hybridized carbons (Fsp3) is 0.600. The molecule has 0 spiro atoms. The molecule has 0 heterocycles. The van der Waals surface area contributed by atoms with E-state index in [1.54, 1.807) is 0 Å². The molecule has 0 bridgehead atoms. The molecule has 1 atom stereocenters. The highest BCUT2D eigenvalue weighted by Crippen LogP contribution is 2.10. The lowest BCUT2D eigenvalue weighted by Gasteiger charge is -2.11. The van der Waals surface area contributed by atoms with E-state index in [1.165, 1.54) is 31.4 Å². The van der Waals surface area contributed by atoms with Crippen LogP contribution < -0.4 is 5.32 Å². The van der Waals surface area contributed by atoms with Gasteiger partial charge in [-0.05, 0) is 37.0 Å². The van der Waals surface area contributed by atoms with E-state index in [9.17, 15) is 5.11 Å². The van der Waals surface area contributed by atoms with Gasteiger partial charge in [-0.25, -0.2) is 0 Å². The summed E-state index contributed by atoms with van der Waals surface area (Å²) in [5.74, 6) is 1.28. The first-order valence-corrected chi connectivity index (χ1v) is 8.16. The minimum absolute atomic E-state index is 0.386. The second kappa shape index (κ2) is 10.4. The van der Waals surface area contributed by atoms with E-state index in [4.69, 9.17) is 0 Å². The van der Waals surface area contributed by atoms with Crippen molar-refractivity contribution in [3.63, 3.8) is 0 Å². The summed E-state index contributed by atoms with van der Waals surface area (Å²) >= 11 is 1.92. The van der Waals surface area contributed by atoms with Crippen LogP contribution in [-0.2, 0) is 0 Å². The maximum absolute atomic E-state index is 9.93. The molecule has 3 heteroatoms. The molecule has 0 amide bonds. The largest absolute Gasteiger partial charge is 0.387 e. The van der Waals surface area contributed by atoms with Crippen molar-refractivity contribution in [3.8, 4) is 0 Å². The summed E-state index contributed by atoms with van der Waals surface area (Å²) in [6.45, 7) is 1.65. The van der Waals surface area contributed by atoms with E-state index < -0.39 is 0 Å². The van der Waals surface area contributed by atoms with E-state index in [0.717, 1.165) is 12.1 Å². The van der Waals surface area contributed by atoms with Gasteiger partial charge in [0.05, 0.1) is 6.10 Å². The Morgan fingerprint density at radius 1 is 1.11 bits per heavy atom. The Balaban J connectivity index is 1.98. The molecule has 0 fully saturated rings. The predicted octanol–water partition coefficient (Wildman–Crippen LogP) is 3.23. The van der Waals surface area contributed by atoms with Gasteiger partial charge < -0.3 is 10.4 Å². The van der Waals surface area contributed by atoms with Gasteiger partial charge in [-0.1, -0.05) is 43.2 Å². The zero-order valence-corrected chi connectivity index (χ0v) is 12.1. The Bertz CT molecular complexity index is 292. The van der Waals surface area contributed by atoms with Crippen LogP contribution in [0.15, 0.2) is 30.3 Å². The van der Waals surface area contributed by atoms with E-state index >= 15 is 0 Å². The van der Waals surface area contributed by atoms with Crippen molar-refractivity contribution in [1.29, 1.82) is 0 Å². The number of rotatable bonds is 10. The van der Waals surface area contributed by atoms with Crippen molar-refractivity contribution in [3.05, 3.63) is 35.9 Å². The van der Waals surface area contributed by atoms with Crippen LogP contribution in [-0.4, -0.2) is 30.2 Å². The van der Waals surface area contributed by atoms with E-state index in [1.807, 2.05) is 42.1 Å². The second-order valence-corrected chi connectivity index (χ2v) is 5.52. The summed E-state index contributed by atoms with van der Waals surface area (Å²) in [6, 6.07) is 9.83. The maximum atomic E-state index is 9.93. The van der Waals surface area contributed by atoms with Crippen molar-refractivity contribution < 1.29 is 5.11 Å². The average molecular weight is 267 g/mol. The third-order valence-corrected chi connectivity index (χ3v) is 3.67. The standard InChI is InChI=1S/C15H25NOS/c1-18-12-8-3-2-7-11-16-13-15(17)14-9-5-4-6-10-14/h4-6,9-10,15-17H,2-3,7-8,11-13H2,1H3. The van der Waals surface area contributed by atoms with Gasteiger partial charge >= 0.3 is 0 Å². The van der Waals surface area contributed by atoms with Gasteiger partial charge in [0.1, 0.15) is 0 Å². The molecule has 2 N–H and O–H groups in total. The summed E-state index contributed by atoms with van der Waals surface area (Å²) < 4.78 is 0. The Kier molecular flexibility index (Phi) is 9.00. The van der Waals surface area contributed by atoms with Crippen molar-refractivity contribution >= 4 is 11.8 Å². The predicted molar refractivity (Wildman–Crippen MR) is 81.1 cm³/mol. The van der Waals surface area contributed by atoms with Crippen molar-refractivity contribution in [2.24, 2.45) is 0 Å². The fourth-order valence-electron chi connectivity index (χ4n) is 1.88. The molecule has 1 aromatic carbocycles. The van der Waals surface area contributed by atoms with Gasteiger partial charge in [-0.3, -0.25) is 0 Å². The number of hydrogen-bond acceptors (Lipinski definition) is 3. The Morgan fingerprint density at radius 3 is 2.56 bits per heavy atom. The number of hydrogen-bond donors (Lipinski definition) is 2. The molecule has 1 rings (SSSR count). The van der Waals surface area contributed by atoms with Gasteiger partial charge in [0.2, 0.25) is 0 Å². The normalized spacial score (nSPS) is 12.6. The quantitative estimate of drug-likeness (QED) is 0.638. The van der Waals surface area contributed by atoms with Crippen LogP contribution in [0.3, 0.4) is 0 Å². The third-order valence-electron chi connectivity index (χ3n) is 2.97. The molecule has 0 saturated heterocycles. The number of nitrogens with one attached hydrogen (secondary N) is 1. The summed E-state index contributed by atoms with van der Waals surface area (Å²) in [7, 11) is 0. The van der Waals surface area contributed by atoms with Crippen LogP contribution in [0.1, 0.15) is 37.4 Å². The van der Waals surface area contributed by atoms with Crippen LogP contribution in [0.5, 0.6) is 0 Å². The minimum atomic E-state index is -0.386. The van der Waals surface area contributed by atoms with Gasteiger partial charge in [0.15, 0.2) is 0 Å². The van der Waals surface area contributed by atoms with Crippen LogP contribution >= 0.6 is 11.8 Å². The highest BCUT2D eigenvalue weighted by Gasteiger charge is 2.04. The first-order chi connectivity index (χ1) is 8.84. The summed E-state index contributed by atoms with van der Waals surface area (Å²) in [4.78, 5) is 0. The fourth-order valence-corrected chi connectivity index (χ4v) is 2.37. The lowest BCUT2D eigenvalue weighted by molar-refractivity contribution is 0.174. The molecule has 1 aromatic rings. The Labute approximate surface area is 115 Å². The van der Waals surface area contributed by atoms with E-state index in [0.29, 0.717) is 6.54 Å². The lowest BCUT2D eigenvalue weighted by atomic mass is 10.1. The number of thioether (sulfide) groups is 1. The molecule has 0 aliphatic carbocycles. The molecule has 0 radical (unpaired) electrons. The minimum Gasteiger partial charge on any atom is -0.387 e. The summed E-state index contributed by atoms with van der Waals surface area (Å²) in [6.07, 6.45) is 6.91. The number of benzene rings is 1. The van der Waals surface area contributed by atoms with Crippen molar-refractivity contribution in [1.82, 2.24) is 5.32 Å². The monoisotopic (exact) mass is 267 g/mol. The average Bonchev–Trinajstić information content (AvgIpc) is 2.42. The van der Waals surface area contributed by atoms with Crippen LogP contribution in [0.2, 0.25) is 0 Å². The van der Waals surface area contributed by atoms with Crippen molar-refractivity contribution in [2.75, 3.05) is 25.1 Å². The molecule has 1 unspecified atom stereocenters. The zero-order valence-electron chi connectivity index (χ0n) is 11.3. The smallest absolute Gasteiger partial charge is 0.0914 e. The maximum Gasteiger partial charge on any atom is 0.0914 e. The third kappa shape index (κ3) is 7.04. The molecule has 18 heavy (non-hydrogen) atoms. The van der Waals surface area contributed by atoms with Crippen molar-refractivity contribution in [2.45, 2.75) is 31.8 Å². The van der Waals surface area contributed by atoms with Gasteiger partial charge in [-0.15, -0.1) is 0 Å². The lowest BCUT2D eigenvalue weighted by Crippen LogP contribution is -2.22. The first-order valence-electron chi connectivity index (χ1n) is 6.77. The molecule has 102 valence electrons. The van der Waals surface area contributed by atoms with Crippen LogP contribution in [0, 0.1) is 0 Å². The molecule has 2 nitrogen and oxygen atoms in total. The SMILES string of the molecule is CSCCCCCCNCC(O)c1ccccc1. The second-order valence-electron chi connectivity index (χ2n) is 4.54. The van der Waals surface area contributed by atoms with E-state index in [-0.39, 0.29) is 6.10 Å². The first kappa shape index (κ1) is 15.5. The van der Waals surface area contributed by atoms with Crippen LogP contribution in [0.4, 0.5) is 0 Å². The molecule has 0 aromatic heterocycles. The topological polar surface area (TPSA) is 32.3 Å².